The van der Waals surface area contributed by atoms with Crippen LogP contribution in [0, 0.1) is 13.8 Å². The zero-order chi connectivity index (χ0) is 17.1. The van der Waals surface area contributed by atoms with Crippen molar-refractivity contribution in [1.82, 2.24) is 4.57 Å². The maximum Gasteiger partial charge on any atom is 0.272 e. The van der Waals surface area contributed by atoms with Crippen molar-refractivity contribution in [2.24, 2.45) is 4.99 Å². The monoisotopic (exact) mass is 336 g/mol. The zero-order valence-electron chi connectivity index (χ0n) is 14.1. The highest BCUT2D eigenvalue weighted by atomic mass is 32.1. The van der Waals surface area contributed by atoms with Crippen molar-refractivity contribution >= 4 is 33.5 Å². The van der Waals surface area contributed by atoms with Crippen LogP contribution in [-0.4, -0.2) is 10.5 Å². The molecule has 0 spiro atoms. The van der Waals surface area contributed by atoms with E-state index in [1.165, 1.54) is 21.9 Å². The topological polar surface area (TPSA) is 34.4 Å². The summed E-state index contributed by atoms with van der Waals surface area (Å²) in [6.45, 7) is 7.08. The molecule has 0 atom stereocenters. The summed E-state index contributed by atoms with van der Waals surface area (Å²) in [6.07, 6.45) is 3.32. The first-order chi connectivity index (χ1) is 11.6. The van der Waals surface area contributed by atoms with Crippen LogP contribution in [0.5, 0.6) is 0 Å². The van der Waals surface area contributed by atoms with Crippen molar-refractivity contribution in [3.63, 3.8) is 0 Å². The second-order valence-electron chi connectivity index (χ2n) is 5.73. The molecular formula is C20H20N2OS. The maximum absolute atomic E-state index is 12.2. The summed E-state index contributed by atoms with van der Waals surface area (Å²) in [6, 6.07) is 14.1. The number of amides is 1. The Morgan fingerprint density at radius 1 is 1.17 bits per heavy atom. The lowest BCUT2D eigenvalue weighted by molar-refractivity contribution is -0.113. The zero-order valence-corrected chi connectivity index (χ0v) is 14.9. The molecular weight excluding hydrogens is 316 g/mol. The van der Waals surface area contributed by atoms with Crippen molar-refractivity contribution < 1.29 is 4.79 Å². The summed E-state index contributed by atoms with van der Waals surface area (Å²) in [4.78, 5) is 17.3. The predicted molar refractivity (Wildman–Crippen MR) is 101 cm³/mol. The number of hydrogen-bond acceptors (Lipinski definition) is 2. The average molecular weight is 336 g/mol. The van der Waals surface area contributed by atoms with Crippen LogP contribution < -0.4 is 4.80 Å². The number of aromatic nitrogens is 1. The van der Waals surface area contributed by atoms with E-state index in [1.807, 2.05) is 30.3 Å². The van der Waals surface area contributed by atoms with Gasteiger partial charge in [0.1, 0.15) is 0 Å². The SMILES string of the molecule is CCn1c(=NC(=O)/C=C/c2ccccc2)sc2cc(C)c(C)cc21. The van der Waals surface area contributed by atoms with Crippen molar-refractivity contribution in [2.75, 3.05) is 0 Å². The van der Waals surface area contributed by atoms with E-state index in [0.717, 1.165) is 22.4 Å². The van der Waals surface area contributed by atoms with Crippen LogP contribution >= 0.6 is 11.3 Å². The van der Waals surface area contributed by atoms with Gasteiger partial charge in [-0.1, -0.05) is 41.7 Å². The van der Waals surface area contributed by atoms with Crippen molar-refractivity contribution in [2.45, 2.75) is 27.3 Å². The van der Waals surface area contributed by atoms with Crippen LogP contribution in [0.2, 0.25) is 0 Å². The summed E-state index contributed by atoms with van der Waals surface area (Å²) in [5.41, 5.74) is 4.65. The Hall–Kier alpha value is -2.46. The van der Waals surface area contributed by atoms with Crippen LogP contribution in [0.25, 0.3) is 16.3 Å². The number of thiazole rings is 1. The fourth-order valence-corrected chi connectivity index (χ4v) is 3.75. The third-order valence-corrected chi connectivity index (χ3v) is 5.08. The average Bonchev–Trinajstić information content (AvgIpc) is 2.90. The fourth-order valence-electron chi connectivity index (χ4n) is 2.58. The molecule has 2 aromatic carbocycles. The molecule has 3 aromatic rings. The number of aryl methyl sites for hydroxylation is 3. The second-order valence-corrected chi connectivity index (χ2v) is 6.74. The summed E-state index contributed by atoms with van der Waals surface area (Å²) in [5.74, 6) is -0.235. The van der Waals surface area contributed by atoms with Gasteiger partial charge in [0.25, 0.3) is 5.91 Å². The molecule has 4 heteroatoms. The van der Waals surface area contributed by atoms with E-state index >= 15 is 0 Å². The maximum atomic E-state index is 12.2. The molecule has 0 bridgehead atoms. The molecule has 0 fully saturated rings. The first-order valence-corrected chi connectivity index (χ1v) is 8.82. The van der Waals surface area contributed by atoms with E-state index in [4.69, 9.17) is 0 Å². The Kier molecular flexibility index (Phi) is 4.76. The molecule has 24 heavy (non-hydrogen) atoms. The number of nitrogens with zero attached hydrogens (tertiary/aromatic N) is 2. The quantitative estimate of drug-likeness (QED) is 0.649. The highest BCUT2D eigenvalue weighted by Gasteiger charge is 2.07. The minimum Gasteiger partial charge on any atom is -0.317 e. The molecule has 3 nitrogen and oxygen atoms in total. The molecule has 3 rings (SSSR count). The van der Waals surface area contributed by atoms with E-state index in [0.29, 0.717) is 0 Å². The number of fused-ring (bicyclic) bond motifs is 1. The molecule has 1 aromatic heterocycles. The third-order valence-electron chi connectivity index (χ3n) is 4.04. The van der Waals surface area contributed by atoms with Gasteiger partial charge in [-0.2, -0.15) is 4.99 Å². The van der Waals surface area contributed by atoms with Gasteiger partial charge in [0.05, 0.1) is 10.2 Å². The number of benzene rings is 2. The molecule has 0 aliphatic heterocycles. The number of hydrogen-bond donors (Lipinski definition) is 0. The van der Waals surface area contributed by atoms with Gasteiger partial charge in [0.2, 0.25) is 0 Å². The highest BCUT2D eigenvalue weighted by Crippen LogP contribution is 2.21. The third kappa shape index (κ3) is 3.39. The lowest BCUT2D eigenvalue weighted by Crippen LogP contribution is -2.15. The molecule has 0 unspecified atom stereocenters. The van der Waals surface area contributed by atoms with Gasteiger partial charge in [-0.05, 0) is 55.7 Å². The number of rotatable bonds is 3. The predicted octanol–water partition coefficient (Wildman–Crippen LogP) is 4.48. The highest BCUT2D eigenvalue weighted by molar-refractivity contribution is 7.16. The van der Waals surface area contributed by atoms with E-state index in [9.17, 15) is 4.79 Å². The smallest absolute Gasteiger partial charge is 0.272 e. The standard InChI is InChI=1S/C20H20N2OS/c1-4-22-17-12-14(2)15(3)13-18(17)24-20(22)21-19(23)11-10-16-8-6-5-7-9-16/h5-13H,4H2,1-3H3/b11-10+,21-20?. The Morgan fingerprint density at radius 2 is 1.88 bits per heavy atom. The summed E-state index contributed by atoms with van der Waals surface area (Å²) < 4.78 is 3.26. The lowest BCUT2D eigenvalue weighted by Gasteiger charge is -2.03. The van der Waals surface area contributed by atoms with E-state index in [1.54, 1.807) is 17.4 Å². The molecule has 0 radical (unpaired) electrons. The van der Waals surface area contributed by atoms with E-state index in [2.05, 4.69) is 42.5 Å². The van der Waals surface area contributed by atoms with Crippen LogP contribution in [0.1, 0.15) is 23.6 Å². The Bertz CT molecular complexity index is 978. The van der Waals surface area contributed by atoms with Crippen molar-refractivity contribution in [3.8, 4) is 0 Å². The van der Waals surface area contributed by atoms with Crippen LogP contribution in [-0.2, 0) is 11.3 Å². The van der Waals surface area contributed by atoms with Gasteiger partial charge in [0, 0.05) is 12.6 Å². The van der Waals surface area contributed by atoms with Gasteiger partial charge in [-0.25, -0.2) is 0 Å². The Labute approximate surface area is 145 Å². The van der Waals surface area contributed by atoms with Crippen molar-refractivity contribution in [1.29, 1.82) is 0 Å². The minimum absolute atomic E-state index is 0.235. The number of carbonyl (C=O) groups is 1. The van der Waals surface area contributed by atoms with Gasteiger partial charge in [-0.15, -0.1) is 0 Å². The first kappa shape index (κ1) is 16.4. The summed E-state index contributed by atoms with van der Waals surface area (Å²) in [5, 5.41) is 0. The minimum atomic E-state index is -0.235. The van der Waals surface area contributed by atoms with Crippen LogP contribution in [0.4, 0.5) is 0 Å². The molecule has 0 N–H and O–H groups in total. The van der Waals surface area contributed by atoms with Gasteiger partial charge < -0.3 is 4.57 Å². The Balaban J connectivity index is 2.00. The van der Waals surface area contributed by atoms with E-state index < -0.39 is 0 Å². The molecule has 0 saturated heterocycles. The van der Waals surface area contributed by atoms with Gasteiger partial charge in [-0.3, -0.25) is 4.79 Å². The summed E-state index contributed by atoms with van der Waals surface area (Å²) >= 11 is 1.56. The van der Waals surface area contributed by atoms with Crippen LogP contribution in [0.3, 0.4) is 0 Å². The molecule has 0 saturated carbocycles. The molecule has 122 valence electrons. The molecule has 0 aliphatic rings. The molecule has 0 aliphatic carbocycles. The first-order valence-electron chi connectivity index (χ1n) is 8.01. The fraction of sp³-hybridized carbons (Fsp3) is 0.200. The van der Waals surface area contributed by atoms with Crippen LogP contribution in [0.15, 0.2) is 53.5 Å². The molecule has 1 heterocycles. The van der Waals surface area contributed by atoms with Crippen molar-refractivity contribution in [3.05, 3.63) is 70.0 Å². The van der Waals surface area contributed by atoms with Gasteiger partial charge in [0.15, 0.2) is 4.80 Å². The molecule has 1 amide bonds. The Morgan fingerprint density at radius 3 is 2.58 bits per heavy atom. The lowest BCUT2D eigenvalue weighted by atomic mass is 10.1. The normalized spacial score (nSPS) is 12.4. The largest absolute Gasteiger partial charge is 0.317 e. The number of carbonyl (C=O) groups excluding carboxylic acids is 1. The summed E-state index contributed by atoms with van der Waals surface area (Å²) in [7, 11) is 0. The second kappa shape index (κ2) is 6.97. The van der Waals surface area contributed by atoms with E-state index in [-0.39, 0.29) is 5.91 Å². The van der Waals surface area contributed by atoms with Gasteiger partial charge >= 0.3 is 0 Å².